The van der Waals surface area contributed by atoms with Crippen molar-refractivity contribution >= 4 is 26.8 Å². The molecule has 2 aliphatic heterocycles. The highest BCUT2D eigenvalue weighted by Crippen LogP contribution is 2.25. The van der Waals surface area contributed by atoms with Crippen LogP contribution in [0.5, 0.6) is 0 Å². The Kier molecular flexibility index (Phi) is 7.28. The van der Waals surface area contributed by atoms with Gasteiger partial charge in [-0.3, -0.25) is 9.59 Å². The molecule has 0 radical (unpaired) electrons. The van der Waals surface area contributed by atoms with Gasteiger partial charge in [-0.2, -0.15) is 4.31 Å². The summed E-state index contributed by atoms with van der Waals surface area (Å²) < 4.78 is 30.1. The van der Waals surface area contributed by atoms with Crippen molar-refractivity contribution in [2.45, 2.75) is 57.4 Å². The maximum absolute atomic E-state index is 13.5. The lowest BCUT2D eigenvalue weighted by atomic mass is 9.91. The van der Waals surface area contributed by atoms with Crippen LogP contribution in [0.15, 0.2) is 46.7 Å². The third-order valence-corrected chi connectivity index (χ3v) is 8.86. The molecule has 2 atom stereocenters. The summed E-state index contributed by atoms with van der Waals surface area (Å²) in [6.45, 7) is 10.7. The number of carbonyl (C=O) groups excluding carboxylic acids is 1. The van der Waals surface area contributed by atoms with E-state index in [1.165, 1.54) is 10.4 Å². The van der Waals surface area contributed by atoms with Gasteiger partial charge in [-0.05, 0) is 49.3 Å². The Hall–Kier alpha value is -2.45. The van der Waals surface area contributed by atoms with Crippen molar-refractivity contribution in [1.82, 2.24) is 13.8 Å². The number of benzene rings is 1. The predicted molar refractivity (Wildman–Crippen MR) is 134 cm³/mol. The molecule has 1 aromatic heterocycles. The molecule has 0 saturated carbocycles. The Bertz CT molecular complexity index is 1230. The molecule has 2 fully saturated rings. The van der Waals surface area contributed by atoms with Crippen molar-refractivity contribution in [3.8, 4) is 0 Å². The minimum Gasteiger partial charge on any atom is -0.343 e. The molecule has 0 unspecified atom stereocenters. The highest BCUT2D eigenvalue weighted by atomic mass is 32.2. The Morgan fingerprint density at radius 1 is 1.09 bits per heavy atom. The van der Waals surface area contributed by atoms with E-state index in [2.05, 4.69) is 20.4 Å². The molecule has 1 aromatic carbocycles. The van der Waals surface area contributed by atoms with Crippen molar-refractivity contribution < 1.29 is 13.2 Å². The summed E-state index contributed by atoms with van der Waals surface area (Å²) in [5.74, 6) is 0.451. The number of rotatable bonds is 5. The van der Waals surface area contributed by atoms with Gasteiger partial charge in [-0.1, -0.05) is 32.8 Å². The molecule has 8 heteroatoms. The molecule has 7 nitrogen and oxygen atoms in total. The summed E-state index contributed by atoms with van der Waals surface area (Å²) in [7, 11) is -3.72. The van der Waals surface area contributed by atoms with Crippen LogP contribution in [-0.2, 0) is 16.6 Å². The van der Waals surface area contributed by atoms with Gasteiger partial charge in [-0.15, -0.1) is 6.58 Å². The van der Waals surface area contributed by atoms with Crippen LogP contribution in [0.4, 0.5) is 0 Å². The number of hydrogen-bond acceptors (Lipinski definition) is 4. The first-order chi connectivity index (χ1) is 16.2. The average molecular weight is 486 g/mol. The van der Waals surface area contributed by atoms with Crippen LogP contribution in [0.25, 0.3) is 10.9 Å². The highest BCUT2D eigenvalue weighted by molar-refractivity contribution is 7.89. The molecular formula is C26H35N3O4S. The summed E-state index contributed by atoms with van der Waals surface area (Å²) in [5.41, 5.74) is 0.260. The first-order valence-corrected chi connectivity index (χ1v) is 13.7. The number of fused-ring (bicyclic) bond motifs is 1. The molecule has 0 aliphatic carbocycles. The Morgan fingerprint density at radius 2 is 1.74 bits per heavy atom. The van der Waals surface area contributed by atoms with Gasteiger partial charge in [-0.25, -0.2) is 8.42 Å². The van der Waals surface area contributed by atoms with Gasteiger partial charge < -0.3 is 9.47 Å². The molecule has 4 rings (SSSR count). The minimum absolute atomic E-state index is 0.0833. The molecule has 2 aliphatic rings. The fraction of sp³-hybridized carbons (Fsp3) is 0.538. The van der Waals surface area contributed by atoms with Crippen molar-refractivity contribution in [2.75, 3.05) is 26.2 Å². The number of likely N-dealkylation sites (tertiary alicyclic amines) is 1. The van der Waals surface area contributed by atoms with Crippen LogP contribution in [0.3, 0.4) is 0 Å². The second-order valence-electron chi connectivity index (χ2n) is 9.97. The smallest absolute Gasteiger partial charge is 0.259 e. The van der Waals surface area contributed by atoms with Crippen LogP contribution in [0.2, 0.25) is 0 Å². The van der Waals surface area contributed by atoms with Gasteiger partial charge >= 0.3 is 0 Å². The van der Waals surface area contributed by atoms with E-state index in [0.717, 1.165) is 32.1 Å². The number of sulfonamides is 1. The monoisotopic (exact) mass is 485 g/mol. The lowest BCUT2D eigenvalue weighted by Gasteiger charge is -2.35. The third-order valence-electron chi connectivity index (χ3n) is 6.97. The zero-order valence-electron chi connectivity index (χ0n) is 20.2. The van der Waals surface area contributed by atoms with E-state index >= 15 is 0 Å². The Morgan fingerprint density at radius 3 is 2.35 bits per heavy atom. The van der Waals surface area contributed by atoms with E-state index < -0.39 is 15.5 Å². The normalized spacial score (nSPS) is 22.5. The molecule has 184 valence electrons. The topological polar surface area (TPSA) is 79.7 Å². The molecule has 34 heavy (non-hydrogen) atoms. The third kappa shape index (κ3) is 4.84. The number of allylic oxidation sites excluding steroid dienone is 1. The number of piperidine rings is 1. The predicted octanol–water partition coefficient (Wildman–Crippen LogP) is 3.87. The standard InChI is InChI=1S/C26H35N3O4S/c1-4-11-27-18-23(26(31)28-16-19(2)14-20(3)17-28)25(30)22-15-21(9-10-24(22)27)34(32,33)29-12-7-5-6-8-13-29/h4,9-10,15,18-20H,1,5-8,11-14,16-17H2,2-3H3/t19-,20-/m0/s1. The first kappa shape index (κ1) is 24.7. The van der Waals surface area contributed by atoms with Gasteiger partial charge in [0.2, 0.25) is 15.5 Å². The van der Waals surface area contributed by atoms with Crippen LogP contribution in [0, 0.1) is 11.8 Å². The number of pyridine rings is 1. The van der Waals surface area contributed by atoms with E-state index in [9.17, 15) is 18.0 Å². The summed E-state index contributed by atoms with van der Waals surface area (Å²) in [6.07, 6.45) is 8.07. The fourth-order valence-electron chi connectivity index (χ4n) is 5.41. The SMILES string of the molecule is C=CCn1cc(C(=O)N2C[C@@H](C)C[C@H](C)C2)c(=O)c2cc(S(=O)(=O)N3CCCCCC3)ccc21. The van der Waals surface area contributed by atoms with E-state index in [1.807, 2.05) is 0 Å². The Balaban J connectivity index is 1.81. The number of nitrogens with zero attached hydrogens (tertiary/aromatic N) is 3. The minimum atomic E-state index is -3.72. The lowest BCUT2D eigenvalue weighted by molar-refractivity contribution is 0.0621. The van der Waals surface area contributed by atoms with E-state index in [4.69, 9.17) is 0 Å². The van der Waals surface area contributed by atoms with Gasteiger partial charge in [0.15, 0.2) is 0 Å². The van der Waals surface area contributed by atoms with Gasteiger partial charge in [0.1, 0.15) is 5.56 Å². The second kappa shape index (κ2) is 10.0. The summed E-state index contributed by atoms with van der Waals surface area (Å²) >= 11 is 0. The molecule has 2 aromatic rings. The van der Waals surface area contributed by atoms with Crippen LogP contribution >= 0.6 is 0 Å². The molecule has 0 spiro atoms. The second-order valence-corrected chi connectivity index (χ2v) is 11.9. The maximum Gasteiger partial charge on any atom is 0.259 e. The van der Waals surface area contributed by atoms with E-state index in [1.54, 1.807) is 33.9 Å². The lowest BCUT2D eigenvalue weighted by Crippen LogP contribution is -2.44. The van der Waals surface area contributed by atoms with Crippen molar-refractivity contribution in [3.05, 3.63) is 52.8 Å². The zero-order chi connectivity index (χ0) is 24.5. The molecule has 3 heterocycles. The van der Waals surface area contributed by atoms with Crippen LogP contribution < -0.4 is 5.43 Å². The van der Waals surface area contributed by atoms with Crippen molar-refractivity contribution in [2.24, 2.45) is 11.8 Å². The summed E-state index contributed by atoms with van der Waals surface area (Å²) in [6, 6.07) is 4.69. The molecule has 0 bridgehead atoms. The number of aromatic nitrogens is 1. The van der Waals surface area contributed by atoms with E-state index in [-0.39, 0.29) is 21.8 Å². The van der Waals surface area contributed by atoms with Gasteiger partial charge in [0.25, 0.3) is 5.91 Å². The number of carbonyl (C=O) groups is 1. The fourth-order valence-corrected chi connectivity index (χ4v) is 6.95. The summed E-state index contributed by atoms with van der Waals surface area (Å²) in [5, 5.41) is 0.252. The number of amides is 1. The largest absolute Gasteiger partial charge is 0.343 e. The first-order valence-electron chi connectivity index (χ1n) is 12.3. The molecule has 1 amide bonds. The highest BCUT2D eigenvalue weighted by Gasteiger charge is 2.29. The Labute approximate surface area is 202 Å². The van der Waals surface area contributed by atoms with Crippen LogP contribution in [-0.4, -0.2) is 54.3 Å². The van der Waals surface area contributed by atoms with Gasteiger partial charge in [0, 0.05) is 44.3 Å². The van der Waals surface area contributed by atoms with Crippen LogP contribution in [0.1, 0.15) is 56.3 Å². The average Bonchev–Trinajstić information content (AvgIpc) is 3.10. The zero-order valence-corrected chi connectivity index (χ0v) is 21.0. The van der Waals surface area contributed by atoms with Gasteiger partial charge in [0.05, 0.1) is 10.4 Å². The van der Waals surface area contributed by atoms with E-state index in [0.29, 0.717) is 50.1 Å². The molecule has 0 N–H and O–H groups in total. The summed E-state index contributed by atoms with van der Waals surface area (Å²) in [4.78, 5) is 28.9. The molecule has 2 saturated heterocycles. The van der Waals surface area contributed by atoms with Crippen molar-refractivity contribution in [3.63, 3.8) is 0 Å². The quantitative estimate of drug-likeness (QED) is 0.602. The number of hydrogen-bond donors (Lipinski definition) is 0. The van der Waals surface area contributed by atoms with Crippen molar-refractivity contribution in [1.29, 1.82) is 0 Å². The maximum atomic E-state index is 13.5. The molecular weight excluding hydrogens is 450 g/mol.